The number of nitrogens with zero attached hydrogens (tertiary/aromatic N) is 2. The van der Waals surface area contributed by atoms with Crippen molar-refractivity contribution in [3.8, 4) is 11.6 Å². The van der Waals surface area contributed by atoms with Crippen LogP contribution in [0, 0.1) is 0 Å². The summed E-state index contributed by atoms with van der Waals surface area (Å²) >= 11 is 3.18. The molecule has 0 aliphatic carbocycles. The van der Waals surface area contributed by atoms with Gasteiger partial charge in [0.2, 0.25) is 11.7 Å². The molecule has 2 heterocycles. The number of aromatic nitrogens is 2. The third-order valence-electron chi connectivity index (χ3n) is 1.73. The monoisotopic (exact) mass is 272 g/mol. The molecular formula is C9H9BrN2O3. The summed E-state index contributed by atoms with van der Waals surface area (Å²) in [6.45, 7) is 1.66. The fourth-order valence-corrected chi connectivity index (χ4v) is 1.43. The predicted molar refractivity (Wildman–Crippen MR) is 55.1 cm³/mol. The number of aliphatic hydroxyl groups excluding tert-OH is 1. The van der Waals surface area contributed by atoms with E-state index in [1.165, 1.54) is 0 Å². The van der Waals surface area contributed by atoms with Gasteiger partial charge in [-0.3, -0.25) is 0 Å². The highest BCUT2D eigenvalue weighted by Gasteiger charge is 2.13. The summed E-state index contributed by atoms with van der Waals surface area (Å²) in [6, 6.07) is 3.49. The molecule has 0 aliphatic rings. The van der Waals surface area contributed by atoms with E-state index >= 15 is 0 Å². The quantitative estimate of drug-likeness (QED) is 0.926. The first-order valence-corrected chi connectivity index (χ1v) is 5.21. The lowest BCUT2D eigenvalue weighted by Crippen LogP contribution is -2.04. The molecule has 0 aromatic carbocycles. The van der Waals surface area contributed by atoms with Gasteiger partial charge in [0.05, 0.1) is 12.5 Å². The Hall–Kier alpha value is -1.14. The van der Waals surface area contributed by atoms with Crippen LogP contribution in [0.2, 0.25) is 0 Å². The zero-order chi connectivity index (χ0) is 10.8. The van der Waals surface area contributed by atoms with Gasteiger partial charge in [0.15, 0.2) is 10.4 Å². The highest BCUT2D eigenvalue weighted by atomic mass is 79.9. The lowest BCUT2D eigenvalue weighted by Gasteiger charge is -1.95. The van der Waals surface area contributed by atoms with Crippen LogP contribution in [0.1, 0.15) is 12.8 Å². The van der Waals surface area contributed by atoms with Gasteiger partial charge < -0.3 is 14.0 Å². The summed E-state index contributed by atoms with van der Waals surface area (Å²) in [4.78, 5) is 4.08. The molecule has 0 spiro atoms. The molecule has 2 rings (SSSR count). The van der Waals surface area contributed by atoms with Crippen molar-refractivity contribution in [2.24, 2.45) is 0 Å². The average molecular weight is 273 g/mol. The van der Waals surface area contributed by atoms with Crippen molar-refractivity contribution in [2.45, 2.75) is 19.4 Å². The van der Waals surface area contributed by atoms with E-state index in [2.05, 4.69) is 26.1 Å². The Kier molecular flexibility index (Phi) is 2.88. The first-order valence-electron chi connectivity index (χ1n) is 4.41. The maximum absolute atomic E-state index is 9.13. The second-order valence-electron chi connectivity index (χ2n) is 3.17. The molecule has 1 unspecified atom stereocenters. The van der Waals surface area contributed by atoms with E-state index < -0.39 is 6.10 Å². The number of halogens is 1. The fraction of sp³-hybridized carbons (Fsp3) is 0.333. The molecule has 1 N–H and O–H groups in total. The fourth-order valence-electron chi connectivity index (χ4n) is 1.13. The highest BCUT2D eigenvalue weighted by molar-refractivity contribution is 9.10. The maximum Gasteiger partial charge on any atom is 0.238 e. The Balaban J connectivity index is 2.20. The molecular weight excluding hydrogens is 264 g/mol. The molecule has 0 aliphatic heterocycles. The molecule has 1 atom stereocenters. The molecule has 2 aromatic rings. The SMILES string of the molecule is CC(O)Cc1nc(-c2ccc(Br)o2)no1. The van der Waals surface area contributed by atoms with Gasteiger partial charge in [0, 0.05) is 0 Å². The topological polar surface area (TPSA) is 72.3 Å². The Morgan fingerprint density at radius 3 is 2.93 bits per heavy atom. The summed E-state index contributed by atoms with van der Waals surface area (Å²) in [5, 5.41) is 12.9. The minimum Gasteiger partial charge on any atom is -0.446 e. The van der Waals surface area contributed by atoms with Crippen LogP contribution < -0.4 is 0 Å². The molecule has 0 bridgehead atoms. The third-order valence-corrected chi connectivity index (χ3v) is 2.16. The molecule has 0 saturated carbocycles. The minimum absolute atomic E-state index is 0.342. The van der Waals surface area contributed by atoms with E-state index in [0.717, 1.165) is 0 Å². The van der Waals surface area contributed by atoms with E-state index in [4.69, 9.17) is 14.0 Å². The van der Waals surface area contributed by atoms with Crippen molar-refractivity contribution in [2.75, 3.05) is 0 Å². The number of furan rings is 1. The molecule has 80 valence electrons. The minimum atomic E-state index is -0.498. The summed E-state index contributed by atoms with van der Waals surface area (Å²) < 4.78 is 10.8. The number of rotatable bonds is 3. The zero-order valence-corrected chi connectivity index (χ0v) is 9.56. The third kappa shape index (κ3) is 2.45. The number of hydrogen-bond donors (Lipinski definition) is 1. The van der Waals surface area contributed by atoms with Gasteiger partial charge in [-0.15, -0.1) is 0 Å². The lowest BCUT2D eigenvalue weighted by molar-refractivity contribution is 0.181. The summed E-state index contributed by atoms with van der Waals surface area (Å²) in [7, 11) is 0. The van der Waals surface area contributed by atoms with Gasteiger partial charge in [0.25, 0.3) is 0 Å². The van der Waals surface area contributed by atoms with Crippen LogP contribution in [0.3, 0.4) is 0 Å². The molecule has 6 heteroatoms. The van der Waals surface area contributed by atoms with Crippen LogP contribution in [0.25, 0.3) is 11.6 Å². The normalized spacial score (nSPS) is 13.0. The van der Waals surface area contributed by atoms with Crippen LogP contribution in [0.5, 0.6) is 0 Å². The molecule has 2 aromatic heterocycles. The average Bonchev–Trinajstić information content (AvgIpc) is 2.72. The highest BCUT2D eigenvalue weighted by Crippen LogP contribution is 2.22. The Bertz CT molecular complexity index is 450. The first kappa shape index (κ1) is 10.4. The van der Waals surface area contributed by atoms with Crippen molar-refractivity contribution in [1.82, 2.24) is 10.1 Å². The smallest absolute Gasteiger partial charge is 0.238 e. The largest absolute Gasteiger partial charge is 0.446 e. The molecule has 15 heavy (non-hydrogen) atoms. The van der Waals surface area contributed by atoms with Gasteiger partial charge in [-0.05, 0) is 35.0 Å². The van der Waals surface area contributed by atoms with E-state index in [-0.39, 0.29) is 0 Å². The molecule has 0 amide bonds. The van der Waals surface area contributed by atoms with Gasteiger partial charge in [-0.2, -0.15) is 4.98 Å². The van der Waals surface area contributed by atoms with Crippen molar-refractivity contribution in [3.05, 3.63) is 22.7 Å². The molecule has 5 nitrogen and oxygen atoms in total. The summed E-state index contributed by atoms with van der Waals surface area (Å²) in [5.74, 6) is 1.31. The van der Waals surface area contributed by atoms with Crippen LogP contribution in [0.15, 0.2) is 25.7 Å². The zero-order valence-electron chi connectivity index (χ0n) is 7.98. The maximum atomic E-state index is 9.13. The lowest BCUT2D eigenvalue weighted by atomic mass is 10.3. The second kappa shape index (κ2) is 4.16. The van der Waals surface area contributed by atoms with Gasteiger partial charge in [0.1, 0.15) is 0 Å². The van der Waals surface area contributed by atoms with E-state index in [1.807, 2.05) is 0 Å². The van der Waals surface area contributed by atoms with Crippen LogP contribution >= 0.6 is 15.9 Å². The Morgan fingerprint density at radius 2 is 2.33 bits per heavy atom. The van der Waals surface area contributed by atoms with Crippen LogP contribution in [-0.4, -0.2) is 21.4 Å². The van der Waals surface area contributed by atoms with Crippen LogP contribution in [0.4, 0.5) is 0 Å². The summed E-state index contributed by atoms with van der Waals surface area (Å²) in [6.07, 6.45) is -0.156. The van der Waals surface area contributed by atoms with Gasteiger partial charge >= 0.3 is 0 Å². The van der Waals surface area contributed by atoms with E-state index in [9.17, 15) is 0 Å². The first-order chi connectivity index (χ1) is 7.15. The number of hydrogen-bond acceptors (Lipinski definition) is 5. The van der Waals surface area contributed by atoms with Gasteiger partial charge in [-0.25, -0.2) is 0 Å². The molecule has 0 fully saturated rings. The molecule has 0 saturated heterocycles. The van der Waals surface area contributed by atoms with Crippen molar-refractivity contribution < 1.29 is 14.0 Å². The van der Waals surface area contributed by atoms with Crippen molar-refractivity contribution in [3.63, 3.8) is 0 Å². The summed E-state index contributed by atoms with van der Waals surface area (Å²) in [5.41, 5.74) is 0. The Labute approximate surface area is 94.2 Å². The predicted octanol–water partition coefficient (Wildman–Crippen LogP) is 2.02. The standard InChI is InChI=1S/C9H9BrN2O3/c1-5(13)4-8-11-9(12-15-8)6-2-3-7(10)14-6/h2-3,5,13H,4H2,1H3. The van der Waals surface area contributed by atoms with E-state index in [1.54, 1.807) is 19.1 Å². The van der Waals surface area contributed by atoms with E-state index in [0.29, 0.717) is 28.6 Å². The van der Waals surface area contributed by atoms with Gasteiger partial charge in [-0.1, -0.05) is 5.16 Å². The van der Waals surface area contributed by atoms with Crippen LogP contribution in [-0.2, 0) is 6.42 Å². The second-order valence-corrected chi connectivity index (χ2v) is 3.95. The Morgan fingerprint density at radius 1 is 1.53 bits per heavy atom. The van der Waals surface area contributed by atoms with Crippen molar-refractivity contribution >= 4 is 15.9 Å². The number of aliphatic hydroxyl groups is 1. The molecule has 0 radical (unpaired) electrons. The van der Waals surface area contributed by atoms with Crippen molar-refractivity contribution in [1.29, 1.82) is 0 Å².